The van der Waals surface area contributed by atoms with Gasteiger partial charge in [-0.1, -0.05) is 48.1 Å². The van der Waals surface area contributed by atoms with Crippen LogP contribution >= 0.6 is 0 Å². The summed E-state index contributed by atoms with van der Waals surface area (Å²) in [7, 11) is 1.71. The Bertz CT molecular complexity index is 1370. The number of hydrogen-bond donors (Lipinski definition) is 2. The third kappa shape index (κ3) is 6.54. The van der Waals surface area contributed by atoms with Crippen molar-refractivity contribution in [2.45, 2.75) is 38.4 Å². The predicted octanol–water partition coefficient (Wildman–Crippen LogP) is 6.97. The van der Waals surface area contributed by atoms with E-state index in [1.807, 2.05) is 24.4 Å². The van der Waals surface area contributed by atoms with Crippen LogP contribution in [0.15, 0.2) is 78.4 Å². The van der Waals surface area contributed by atoms with Crippen molar-refractivity contribution < 1.29 is 9.47 Å². The number of nitrogens with zero attached hydrogens (tertiary/aromatic N) is 2. The van der Waals surface area contributed by atoms with E-state index in [1.54, 1.807) is 13.3 Å². The summed E-state index contributed by atoms with van der Waals surface area (Å²) >= 11 is 0. The van der Waals surface area contributed by atoms with Crippen molar-refractivity contribution in [3.63, 3.8) is 0 Å². The van der Waals surface area contributed by atoms with E-state index >= 15 is 0 Å². The van der Waals surface area contributed by atoms with Crippen LogP contribution in [0.3, 0.4) is 0 Å². The molecule has 2 N–H and O–H groups in total. The second kappa shape index (κ2) is 12.2. The summed E-state index contributed by atoms with van der Waals surface area (Å²) in [5.41, 5.74) is 7.55. The first-order chi connectivity index (χ1) is 18.3. The van der Waals surface area contributed by atoms with Gasteiger partial charge >= 0.3 is 0 Å². The monoisotopic (exact) mass is 492 g/mol. The number of pyridine rings is 1. The van der Waals surface area contributed by atoms with Crippen LogP contribution in [0.25, 0.3) is 30.4 Å². The van der Waals surface area contributed by atoms with Crippen molar-refractivity contribution in [2.75, 3.05) is 7.11 Å². The van der Waals surface area contributed by atoms with Crippen molar-refractivity contribution in [2.24, 2.45) is 0 Å². The summed E-state index contributed by atoms with van der Waals surface area (Å²) in [6.07, 6.45) is 28.6. The van der Waals surface area contributed by atoms with E-state index in [1.165, 1.54) is 11.1 Å². The zero-order valence-electron chi connectivity index (χ0n) is 21.1. The van der Waals surface area contributed by atoms with Crippen LogP contribution in [0.1, 0.15) is 59.6 Å². The number of hydrogen-bond acceptors (Lipinski definition) is 4. The fraction of sp³-hybridized carbons (Fsp3) is 0.226. The second-order valence-corrected chi connectivity index (χ2v) is 9.01. The normalized spacial score (nSPS) is 20.6. The SMILES string of the molecule is CO/C1=C/C/C=C(/C=C/c2cc(/C=C/c3c[nH]c4c3C=CCC=C4)[nH]n2)CCC1OCc1ccccn1. The van der Waals surface area contributed by atoms with Gasteiger partial charge in [-0.3, -0.25) is 10.1 Å². The molecule has 3 aromatic rings. The Morgan fingerprint density at radius 3 is 2.89 bits per heavy atom. The van der Waals surface area contributed by atoms with Crippen molar-refractivity contribution in [1.82, 2.24) is 20.2 Å². The molecule has 0 radical (unpaired) electrons. The van der Waals surface area contributed by atoms with Crippen LogP contribution in [0, 0.1) is 0 Å². The smallest absolute Gasteiger partial charge is 0.121 e. The number of aromatic amines is 2. The zero-order valence-corrected chi connectivity index (χ0v) is 21.1. The van der Waals surface area contributed by atoms with Crippen molar-refractivity contribution in [3.05, 3.63) is 112 Å². The lowest BCUT2D eigenvalue weighted by Crippen LogP contribution is -2.18. The largest absolute Gasteiger partial charge is 0.499 e. The Morgan fingerprint density at radius 1 is 1.05 bits per heavy atom. The second-order valence-electron chi connectivity index (χ2n) is 9.01. The van der Waals surface area contributed by atoms with Gasteiger partial charge in [0.2, 0.25) is 0 Å². The maximum absolute atomic E-state index is 6.18. The van der Waals surface area contributed by atoms with Crippen LogP contribution in [0.4, 0.5) is 0 Å². The first kappa shape index (κ1) is 24.5. The average Bonchev–Trinajstić information content (AvgIpc) is 3.46. The predicted molar refractivity (Wildman–Crippen MR) is 150 cm³/mol. The van der Waals surface area contributed by atoms with Gasteiger partial charge in [0.05, 0.1) is 30.8 Å². The Kier molecular flexibility index (Phi) is 8.08. The highest BCUT2D eigenvalue weighted by Gasteiger charge is 2.18. The molecule has 0 saturated heterocycles. The van der Waals surface area contributed by atoms with Gasteiger partial charge < -0.3 is 14.5 Å². The molecule has 188 valence electrons. The number of nitrogens with one attached hydrogen (secondary N) is 2. The van der Waals surface area contributed by atoms with E-state index in [9.17, 15) is 0 Å². The number of allylic oxidation sites excluding steroid dienone is 6. The molecule has 0 aliphatic heterocycles. The number of H-pyrrole nitrogens is 2. The fourth-order valence-electron chi connectivity index (χ4n) is 4.48. The molecule has 0 amide bonds. The van der Waals surface area contributed by atoms with Crippen LogP contribution in [-0.2, 0) is 16.1 Å². The van der Waals surface area contributed by atoms with E-state index in [0.29, 0.717) is 6.61 Å². The van der Waals surface area contributed by atoms with Gasteiger partial charge in [0.25, 0.3) is 0 Å². The first-order valence-corrected chi connectivity index (χ1v) is 12.7. The van der Waals surface area contributed by atoms with Gasteiger partial charge in [0.1, 0.15) is 11.9 Å². The Balaban J connectivity index is 1.20. The summed E-state index contributed by atoms with van der Waals surface area (Å²) in [6.45, 7) is 0.462. The molecule has 2 aliphatic carbocycles. The highest BCUT2D eigenvalue weighted by atomic mass is 16.5. The van der Waals surface area contributed by atoms with E-state index in [-0.39, 0.29) is 6.10 Å². The lowest BCUT2D eigenvalue weighted by Gasteiger charge is -2.22. The third-order valence-corrected chi connectivity index (χ3v) is 6.46. The molecular weight excluding hydrogens is 460 g/mol. The summed E-state index contributed by atoms with van der Waals surface area (Å²) < 4.78 is 11.8. The lowest BCUT2D eigenvalue weighted by atomic mass is 10.0. The molecular formula is C31H32N4O2. The number of ether oxygens (including phenoxy) is 2. The number of fused-ring (bicyclic) bond motifs is 1. The van der Waals surface area contributed by atoms with Gasteiger partial charge in [-0.05, 0) is 73.7 Å². The summed E-state index contributed by atoms with van der Waals surface area (Å²) in [5, 5.41) is 7.58. The molecule has 0 bridgehead atoms. The summed E-state index contributed by atoms with van der Waals surface area (Å²) in [4.78, 5) is 7.70. The molecule has 3 aromatic heterocycles. The van der Waals surface area contributed by atoms with E-state index < -0.39 is 0 Å². The first-order valence-electron chi connectivity index (χ1n) is 12.7. The molecule has 6 heteroatoms. The number of rotatable bonds is 8. The van der Waals surface area contributed by atoms with Gasteiger partial charge in [-0.2, -0.15) is 5.10 Å². The fourth-order valence-corrected chi connectivity index (χ4v) is 4.48. The van der Waals surface area contributed by atoms with E-state index in [0.717, 1.165) is 59.8 Å². The average molecular weight is 493 g/mol. The molecule has 1 atom stereocenters. The molecule has 37 heavy (non-hydrogen) atoms. The van der Waals surface area contributed by atoms with Crippen LogP contribution < -0.4 is 0 Å². The molecule has 2 aliphatic rings. The summed E-state index contributed by atoms with van der Waals surface area (Å²) in [5.74, 6) is 0.879. The van der Waals surface area contributed by atoms with Crippen molar-refractivity contribution in [1.29, 1.82) is 0 Å². The maximum atomic E-state index is 6.18. The topological polar surface area (TPSA) is 75.8 Å². The standard InChI is InChI=1S/C31H32N4O2/c1-36-30-12-7-8-23(14-18-31(30)37-22-27-9-5-6-19-32-27)13-16-25-20-26(35-34-25)17-15-24-21-33-29-11-4-2-3-10-28(24)29/h3-6,8-13,15-17,19-21,31,33H,2,7,14,18,22H2,1H3,(H,34,35)/b16-13+,17-15+,23-8-,30-12+. The van der Waals surface area contributed by atoms with E-state index in [2.05, 4.69) is 87.0 Å². The Hall–Kier alpha value is -4.16. The number of aromatic nitrogens is 4. The minimum atomic E-state index is -0.0972. The quantitative estimate of drug-likeness (QED) is 0.356. The molecule has 5 rings (SSSR count). The van der Waals surface area contributed by atoms with Crippen molar-refractivity contribution >= 4 is 30.4 Å². The molecule has 0 spiro atoms. The molecule has 3 heterocycles. The highest BCUT2D eigenvalue weighted by molar-refractivity contribution is 5.79. The number of methoxy groups -OCH3 is 1. The van der Waals surface area contributed by atoms with Crippen LogP contribution in [0.2, 0.25) is 0 Å². The third-order valence-electron chi connectivity index (χ3n) is 6.46. The summed E-state index contributed by atoms with van der Waals surface area (Å²) in [6, 6.07) is 7.91. The van der Waals surface area contributed by atoms with Crippen LogP contribution in [0.5, 0.6) is 0 Å². The lowest BCUT2D eigenvalue weighted by molar-refractivity contribution is 0.0218. The van der Waals surface area contributed by atoms with E-state index in [4.69, 9.17) is 9.47 Å². The van der Waals surface area contributed by atoms with Gasteiger partial charge in [-0.25, -0.2) is 0 Å². The van der Waals surface area contributed by atoms with Gasteiger partial charge in [0, 0.05) is 23.7 Å². The molecule has 6 nitrogen and oxygen atoms in total. The molecule has 0 saturated carbocycles. The van der Waals surface area contributed by atoms with Crippen LogP contribution in [-0.4, -0.2) is 33.4 Å². The molecule has 1 unspecified atom stereocenters. The Morgan fingerprint density at radius 2 is 2.00 bits per heavy atom. The van der Waals surface area contributed by atoms with Crippen molar-refractivity contribution in [3.8, 4) is 0 Å². The molecule has 0 aromatic carbocycles. The maximum Gasteiger partial charge on any atom is 0.121 e. The van der Waals surface area contributed by atoms with Gasteiger partial charge in [0.15, 0.2) is 0 Å². The minimum absolute atomic E-state index is 0.0972. The van der Waals surface area contributed by atoms with Gasteiger partial charge in [-0.15, -0.1) is 0 Å². The Labute approximate surface area is 217 Å². The molecule has 0 fully saturated rings. The zero-order chi connectivity index (χ0) is 25.3. The minimum Gasteiger partial charge on any atom is -0.499 e. The highest BCUT2D eigenvalue weighted by Crippen LogP contribution is 2.24.